The zero-order valence-corrected chi connectivity index (χ0v) is 9.48. The van der Waals surface area contributed by atoms with Gasteiger partial charge in [-0.05, 0) is 11.6 Å². The van der Waals surface area contributed by atoms with E-state index in [0.717, 1.165) is 10.0 Å². The number of aromatic nitrogens is 2. The van der Waals surface area contributed by atoms with Crippen LogP contribution in [-0.2, 0) is 6.54 Å². The molecule has 0 fully saturated rings. The molecule has 0 amide bonds. The van der Waals surface area contributed by atoms with Crippen molar-refractivity contribution in [2.75, 3.05) is 0 Å². The molecule has 0 radical (unpaired) electrons. The molecule has 0 aliphatic rings. The Kier molecular flexibility index (Phi) is 2.84. The van der Waals surface area contributed by atoms with Gasteiger partial charge in [-0.3, -0.25) is 0 Å². The highest BCUT2D eigenvalue weighted by molar-refractivity contribution is 9.10. The summed E-state index contributed by atoms with van der Waals surface area (Å²) in [5.41, 5.74) is 1.68. The zero-order valence-electron chi connectivity index (χ0n) is 7.89. The van der Waals surface area contributed by atoms with Gasteiger partial charge in [0, 0.05) is 23.4 Å². The van der Waals surface area contributed by atoms with Crippen LogP contribution in [0.3, 0.4) is 0 Å². The molecule has 2 aromatic rings. The van der Waals surface area contributed by atoms with Crippen molar-refractivity contribution in [1.29, 1.82) is 0 Å². The monoisotopic (exact) mass is 261 g/mol. The van der Waals surface area contributed by atoms with E-state index in [1.54, 1.807) is 12.5 Å². The second-order valence-corrected chi connectivity index (χ2v) is 4.04. The lowest BCUT2D eigenvalue weighted by Crippen LogP contribution is -1.96. The first-order valence-corrected chi connectivity index (χ1v) is 5.20. The van der Waals surface area contributed by atoms with E-state index in [1.165, 1.54) is 0 Å². The van der Waals surface area contributed by atoms with Crippen LogP contribution in [0, 0.1) is 6.57 Å². The first kappa shape index (κ1) is 9.94. The topological polar surface area (TPSA) is 22.2 Å². The quantitative estimate of drug-likeness (QED) is 0.761. The highest BCUT2D eigenvalue weighted by Crippen LogP contribution is 2.24. The Morgan fingerprint density at radius 3 is 3.00 bits per heavy atom. The van der Waals surface area contributed by atoms with Gasteiger partial charge in [0.05, 0.1) is 12.9 Å². The molecule has 0 saturated heterocycles. The number of hydrogen-bond donors (Lipinski definition) is 0. The van der Waals surface area contributed by atoms with Gasteiger partial charge < -0.3 is 4.57 Å². The Balaban J connectivity index is 2.33. The summed E-state index contributed by atoms with van der Waals surface area (Å²) in [6, 6.07) is 5.73. The molecular weight excluding hydrogens is 254 g/mol. The third-order valence-corrected chi connectivity index (χ3v) is 2.57. The molecule has 0 saturated carbocycles. The highest BCUT2D eigenvalue weighted by atomic mass is 79.9. The number of halogens is 1. The van der Waals surface area contributed by atoms with Crippen LogP contribution < -0.4 is 0 Å². The van der Waals surface area contributed by atoms with E-state index in [4.69, 9.17) is 6.57 Å². The van der Waals surface area contributed by atoms with E-state index in [9.17, 15) is 0 Å². The Morgan fingerprint density at radius 2 is 2.33 bits per heavy atom. The van der Waals surface area contributed by atoms with Gasteiger partial charge in [-0.25, -0.2) is 9.83 Å². The molecule has 15 heavy (non-hydrogen) atoms. The number of rotatable bonds is 2. The zero-order chi connectivity index (χ0) is 10.7. The normalized spacial score (nSPS) is 9.87. The van der Waals surface area contributed by atoms with Crippen molar-refractivity contribution in [2.24, 2.45) is 0 Å². The third kappa shape index (κ3) is 2.25. The third-order valence-electron chi connectivity index (χ3n) is 2.08. The van der Waals surface area contributed by atoms with E-state index in [0.29, 0.717) is 12.2 Å². The van der Waals surface area contributed by atoms with Crippen LogP contribution in [0.15, 0.2) is 41.4 Å². The summed E-state index contributed by atoms with van der Waals surface area (Å²) in [4.78, 5) is 7.47. The van der Waals surface area contributed by atoms with Crippen LogP contribution >= 0.6 is 15.9 Å². The largest absolute Gasteiger partial charge is 0.334 e. The Labute approximate surface area is 96.3 Å². The molecule has 0 N–H and O–H groups in total. The lowest BCUT2D eigenvalue weighted by atomic mass is 10.2. The van der Waals surface area contributed by atoms with Crippen LogP contribution in [0.25, 0.3) is 4.85 Å². The van der Waals surface area contributed by atoms with Gasteiger partial charge in [-0.1, -0.05) is 28.1 Å². The maximum atomic E-state index is 7.09. The molecule has 0 atom stereocenters. The predicted molar refractivity (Wildman–Crippen MR) is 61.7 cm³/mol. The van der Waals surface area contributed by atoms with Crippen molar-refractivity contribution in [3.05, 3.63) is 58.4 Å². The van der Waals surface area contributed by atoms with Crippen LogP contribution in [0.1, 0.15) is 5.56 Å². The van der Waals surface area contributed by atoms with E-state index in [-0.39, 0.29) is 0 Å². The molecule has 4 heteroatoms. The average Bonchev–Trinajstić information content (AvgIpc) is 2.73. The maximum absolute atomic E-state index is 7.09. The van der Waals surface area contributed by atoms with Crippen molar-refractivity contribution in [2.45, 2.75) is 6.54 Å². The molecule has 74 valence electrons. The van der Waals surface area contributed by atoms with Crippen molar-refractivity contribution in [3.8, 4) is 0 Å². The second-order valence-electron chi connectivity index (χ2n) is 3.12. The summed E-state index contributed by atoms with van der Waals surface area (Å²) in [5, 5.41) is 0. The molecule has 0 bridgehead atoms. The fourth-order valence-corrected chi connectivity index (χ4v) is 1.70. The molecular formula is C11H8BrN3. The van der Waals surface area contributed by atoms with Gasteiger partial charge in [0.15, 0.2) is 5.69 Å². The lowest BCUT2D eigenvalue weighted by Gasteiger charge is -2.05. The minimum atomic E-state index is 0.679. The predicted octanol–water partition coefficient (Wildman–Crippen LogP) is 3.24. The van der Waals surface area contributed by atoms with Crippen LogP contribution in [0.4, 0.5) is 5.69 Å². The fraction of sp³-hybridized carbons (Fsp3) is 0.0909. The summed E-state index contributed by atoms with van der Waals surface area (Å²) >= 11 is 3.35. The maximum Gasteiger partial charge on any atom is 0.193 e. The molecule has 0 spiro atoms. The van der Waals surface area contributed by atoms with E-state index >= 15 is 0 Å². The first-order valence-electron chi connectivity index (χ1n) is 4.41. The molecule has 0 aliphatic carbocycles. The van der Waals surface area contributed by atoms with Crippen molar-refractivity contribution in [1.82, 2.24) is 9.55 Å². The van der Waals surface area contributed by atoms with Gasteiger partial charge in [0.25, 0.3) is 0 Å². The minimum absolute atomic E-state index is 0.679. The Hall–Kier alpha value is -1.60. The molecule has 0 unspecified atom stereocenters. The SMILES string of the molecule is [C-]#[N+]c1cc(Br)ccc1Cn1ccnc1. The highest BCUT2D eigenvalue weighted by Gasteiger charge is 2.03. The Morgan fingerprint density at radius 1 is 1.47 bits per heavy atom. The average molecular weight is 262 g/mol. The number of nitrogens with zero attached hydrogens (tertiary/aromatic N) is 3. The second kappa shape index (κ2) is 4.28. The summed E-state index contributed by atoms with van der Waals surface area (Å²) < 4.78 is 2.88. The standard InChI is InChI=1S/C11H8BrN3/c1-13-11-6-10(12)3-2-9(11)7-15-5-4-14-8-15/h2-6,8H,7H2. The van der Waals surface area contributed by atoms with Gasteiger partial charge in [-0.2, -0.15) is 0 Å². The number of imidazole rings is 1. The molecule has 1 aromatic heterocycles. The number of benzene rings is 1. The smallest absolute Gasteiger partial charge is 0.193 e. The van der Waals surface area contributed by atoms with Gasteiger partial charge in [0.1, 0.15) is 0 Å². The lowest BCUT2D eigenvalue weighted by molar-refractivity contribution is 0.800. The molecule has 2 rings (SSSR count). The van der Waals surface area contributed by atoms with Crippen molar-refractivity contribution < 1.29 is 0 Å². The Bertz CT molecular complexity index is 497. The van der Waals surface area contributed by atoms with Crippen molar-refractivity contribution >= 4 is 21.6 Å². The van der Waals surface area contributed by atoms with Crippen LogP contribution in [0.2, 0.25) is 0 Å². The number of hydrogen-bond acceptors (Lipinski definition) is 1. The van der Waals surface area contributed by atoms with Gasteiger partial charge in [-0.15, -0.1) is 0 Å². The summed E-state index contributed by atoms with van der Waals surface area (Å²) in [6.45, 7) is 7.77. The van der Waals surface area contributed by atoms with Gasteiger partial charge >= 0.3 is 0 Å². The summed E-state index contributed by atoms with van der Waals surface area (Å²) in [7, 11) is 0. The molecule has 1 aromatic carbocycles. The first-order chi connectivity index (χ1) is 7.29. The molecule has 0 aliphatic heterocycles. The van der Waals surface area contributed by atoms with Crippen LogP contribution in [0.5, 0.6) is 0 Å². The summed E-state index contributed by atoms with van der Waals surface area (Å²) in [5.74, 6) is 0. The molecule has 3 nitrogen and oxygen atoms in total. The van der Waals surface area contributed by atoms with E-state index in [1.807, 2.05) is 29.0 Å². The van der Waals surface area contributed by atoms with E-state index in [2.05, 4.69) is 25.8 Å². The van der Waals surface area contributed by atoms with Crippen molar-refractivity contribution in [3.63, 3.8) is 0 Å². The van der Waals surface area contributed by atoms with E-state index < -0.39 is 0 Å². The fourth-order valence-electron chi connectivity index (χ4n) is 1.35. The van der Waals surface area contributed by atoms with Crippen LogP contribution in [-0.4, -0.2) is 9.55 Å². The minimum Gasteiger partial charge on any atom is -0.334 e. The van der Waals surface area contributed by atoms with Gasteiger partial charge in [0.2, 0.25) is 0 Å². The summed E-state index contributed by atoms with van der Waals surface area (Å²) in [6.07, 6.45) is 5.36. The molecule has 1 heterocycles.